The van der Waals surface area contributed by atoms with Crippen molar-refractivity contribution in [3.05, 3.63) is 65.2 Å². The predicted octanol–water partition coefficient (Wildman–Crippen LogP) is 1.94. The number of fused-ring (bicyclic) bond motifs is 1. The number of carbonyl (C=O) groups is 3. The second-order valence-electron chi connectivity index (χ2n) is 7.33. The molecule has 1 aliphatic heterocycles. The Morgan fingerprint density at radius 2 is 1.90 bits per heavy atom. The van der Waals surface area contributed by atoms with Gasteiger partial charge in [0.1, 0.15) is 5.92 Å². The van der Waals surface area contributed by atoms with Crippen molar-refractivity contribution in [3.8, 4) is 0 Å². The molecule has 148 valence electrons. The Balaban J connectivity index is 1.49. The predicted molar refractivity (Wildman–Crippen MR) is 109 cm³/mol. The van der Waals surface area contributed by atoms with E-state index in [-0.39, 0.29) is 17.7 Å². The maximum absolute atomic E-state index is 12.8. The third-order valence-electron chi connectivity index (χ3n) is 5.36. The number of nitrogens with zero attached hydrogens (tertiary/aromatic N) is 1. The van der Waals surface area contributed by atoms with Crippen LogP contribution in [0.4, 0.5) is 5.69 Å². The number of anilines is 1. The lowest BCUT2D eigenvalue weighted by Gasteiger charge is -2.15. The van der Waals surface area contributed by atoms with Crippen LogP contribution in [0.3, 0.4) is 0 Å². The van der Waals surface area contributed by atoms with Gasteiger partial charge in [-0.3, -0.25) is 14.4 Å². The summed E-state index contributed by atoms with van der Waals surface area (Å²) in [6.45, 7) is 1.91. The van der Waals surface area contributed by atoms with Crippen LogP contribution in [0.2, 0.25) is 0 Å². The van der Waals surface area contributed by atoms with Gasteiger partial charge in [-0.05, 0) is 36.1 Å². The van der Waals surface area contributed by atoms with E-state index in [9.17, 15) is 14.4 Å². The maximum Gasteiger partial charge on any atom is 0.253 e. The molecule has 1 fully saturated rings. The summed E-state index contributed by atoms with van der Waals surface area (Å²) in [5, 5.41) is 9.86. The fourth-order valence-corrected chi connectivity index (χ4v) is 3.99. The second kappa shape index (κ2) is 7.87. The van der Waals surface area contributed by atoms with E-state index in [0.717, 1.165) is 34.5 Å². The minimum Gasteiger partial charge on any atom is -0.355 e. The summed E-state index contributed by atoms with van der Waals surface area (Å²) >= 11 is 0. The SMILES string of the molecule is CC(=O)Nc1ccc2c(c1)CC/C2=N\NC(=O)C1C(=O)NCC1c1ccccc1. The molecule has 7 nitrogen and oxygen atoms in total. The average Bonchev–Trinajstić information content (AvgIpc) is 3.29. The van der Waals surface area contributed by atoms with Crippen molar-refractivity contribution in [1.82, 2.24) is 10.7 Å². The van der Waals surface area contributed by atoms with E-state index < -0.39 is 11.8 Å². The van der Waals surface area contributed by atoms with Crippen molar-refractivity contribution in [2.75, 3.05) is 11.9 Å². The minimum absolute atomic E-state index is 0.119. The molecule has 7 heteroatoms. The molecule has 4 rings (SSSR count). The highest BCUT2D eigenvalue weighted by Crippen LogP contribution is 2.29. The van der Waals surface area contributed by atoms with Crippen molar-refractivity contribution >= 4 is 29.1 Å². The summed E-state index contributed by atoms with van der Waals surface area (Å²) in [7, 11) is 0. The van der Waals surface area contributed by atoms with Crippen molar-refractivity contribution in [2.24, 2.45) is 11.0 Å². The molecule has 2 unspecified atom stereocenters. The fraction of sp³-hybridized carbons (Fsp3) is 0.273. The van der Waals surface area contributed by atoms with Crippen LogP contribution in [-0.2, 0) is 20.8 Å². The van der Waals surface area contributed by atoms with E-state index in [4.69, 9.17) is 0 Å². The number of hydrazone groups is 1. The Kier molecular flexibility index (Phi) is 5.12. The number of nitrogens with one attached hydrogen (secondary N) is 3. The molecule has 2 aliphatic rings. The van der Waals surface area contributed by atoms with E-state index in [1.807, 2.05) is 48.5 Å². The summed E-state index contributed by atoms with van der Waals surface area (Å²) in [6.07, 6.45) is 1.48. The lowest BCUT2D eigenvalue weighted by atomic mass is 9.88. The largest absolute Gasteiger partial charge is 0.355 e. The van der Waals surface area contributed by atoms with E-state index in [1.54, 1.807) is 0 Å². The Morgan fingerprint density at radius 3 is 2.66 bits per heavy atom. The minimum atomic E-state index is -0.801. The summed E-state index contributed by atoms with van der Waals surface area (Å²) in [6, 6.07) is 15.2. The Morgan fingerprint density at radius 1 is 1.10 bits per heavy atom. The highest BCUT2D eigenvalue weighted by Gasteiger charge is 2.41. The lowest BCUT2D eigenvalue weighted by molar-refractivity contribution is -0.133. The van der Waals surface area contributed by atoms with Crippen molar-refractivity contribution < 1.29 is 14.4 Å². The first-order valence-electron chi connectivity index (χ1n) is 9.63. The van der Waals surface area contributed by atoms with Gasteiger partial charge >= 0.3 is 0 Å². The third kappa shape index (κ3) is 3.89. The molecule has 2 aromatic carbocycles. The summed E-state index contributed by atoms with van der Waals surface area (Å²) in [5.74, 6) is -1.80. The first-order chi connectivity index (χ1) is 14.0. The van der Waals surface area contributed by atoms with Gasteiger partial charge < -0.3 is 10.6 Å². The molecule has 1 aliphatic carbocycles. The van der Waals surface area contributed by atoms with E-state index >= 15 is 0 Å². The number of hydrogen-bond acceptors (Lipinski definition) is 4. The molecule has 29 heavy (non-hydrogen) atoms. The third-order valence-corrected chi connectivity index (χ3v) is 5.36. The Bertz CT molecular complexity index is 1000. The summed E-state index contributed by atoms with van der Waals surface area (Å²) < 4.78 is 0. The van der Waals surface area contributed by atoms with Gasteiger partial charge in [0.15, 0.2) is 0 Å². The Hall–Kier alpha value is -3.48. The molecule has 2 atom stereocenters. The molecule has 0 bridgehead atoms. The lowest BCUT2D eigenvalue weighted by Crippen LogP contribution is -2.35. The molecule has 1 heterocycles. The van der Waals surface area contributed by atoms with Crippen LogP contribution in [0.15, 0.2) is 53.6 Å². The van der Waals surface area contributed by atoms with E-state index in [0.29, 0.717) is 13.0 Å². The highest BCUT2D eigenvalue weighted by atomic mass is 16.2. The van der Waals surface area contributed by atoms with Crippen LogP contribution < -0.4 is 16.1 Å². The quantitative estimate of drug-likeness (QED) is 0.549. The van der Waals surface area contributed by atoms with Crippen LogP contribution in [0.25, 0.3) is 0 Å². The number of aryl methyl sites for hydroxylation is 1. The number of amides is 3. The smallest absolute Gasteiger partial charge is 0.253 e. The second-order valence-corrected chi connectivity index (χ2v) is 7.33. The van der Waals surface area contributed by atoms with Crippen LogP contribution >= 0.6 is 0 Å². The molecule has 2 aromatic rings. The maximum atomic E-state index is 12.8. The molecule has 3 amide bonds. The summed E-state index contributed by atoms with van der Waals surface area (Å²) in [5.41, 5.74) is 7.11. The first kappa shape index (κ1) is 18.9. The first-order valence-corrected chi connectivity index (χ1v) is 9.63. The zero-order chi connectivity index (χ0) is 20.4. The van der Waals surface area contributed by atoms with Gasteiger partial charge in [0.05, 0.1) is 5.71 Å². The summed E-state index contributed by atoms with van der Waals surface area (Å²) in [4.78, 5) is 36.2. The monoisotopic (exact) mass is 390 g/mol. The van der Waals surface area contributed by atoms with Crippen LogP contribution in [0.1, 0.15) is 36.0 Å². The fourth-order valence-electron chi connectivity index (χ4n) is 3.99. The van der Waals surface area contributed by atoms with Crippen molar-refractivity contribution in [2.45, 2.75) is 25.7 Å². The highest BCUT2D eigenvalue weighted by molar-refractivity contribution is 6.07. The van der Waals surface area contributed by atoms with Gasteiger partial charge in [0.2, 0.25) is 11.8 Å². The number of benzene rings is 2. The molecule has 0 radical (unpaired) electrons. The Labute approximate surface area is 168 Å². The van der Waals surface area contributed by atoms with Gasteiger partial charge in [0.25, 0.3) is 5.91 Å². The van der Waals surface area contributed by atoms with Crippen molar-refractivity contribution in [1.29, 1.82) is 0 Å². The van der Waals surface area contributed by atoms with Crippen LogP contribution in [0, 0.1) is 5.92 Å². The van der Waals surface area contributed by atoms with Crippen LogP contribution in [-0.4, -0.2) is 30.0 Å². The average molecular weight is 390 g/mol. The molecule has 0 spiro atoms. The van der Waals surface area contributed by atoms with Gasteiger partial charge in [0, 0.05) is 30.6 Å². The van der Waals surface area contributed by atoms with E-state index in [2.05, 4.69) is 21.2 Å². The van der Waals surface area contributed by atoms with Crippen molar-refractivity contribution in [3.63, 3.8) is 0 Å². The molecule has 3 N–H and O–H groups in total. The van der Waals surface area contributed by atoms with E-state index in [1.165, 1.54) is 6.92 Å². The molecule has 1 saturated heterocycles. The van der Waals surface area contributed by atoms with Gasteiger partial charge in [-0.25, -0.2) is 5.43 Å². The zero-order valence-corrected chi connectivity index (χ0v) is 16.1. The topological polar surface area (TPSA) is 99.7 Å². The molecular weight excluding hydrogens is 368 g/mol. The number of carbonyl (C=O) groups excluding carboxylic acids is 3. The normalized spacial score (nSPS) is 21.6. The van der Waals surface area contributed by atoms with Gasteiger partial charge in [-0.15, -0.1) is 0 Å². The standard InChI is InChI=1S/C22H22N4O3/c1-13(27)24-16-8-9-17-15(11-16)7-10-19(17)25-26-22(29)20-18(12-23-21(20)28)14-5-3-2-4-6-14/h2-6,8-9,11,18,20H,7,10,12H2,1H3,(H,23,28)(H,24,27)(H,26,29)/b25-19+. The molecule has 0 aromatic heterocycles. The van der Waals surface area contributed by atoms with Gasteiger partial charge in [-0.1, -0.05) is 36.4 Å². The molecule has 0 saturated carbocycles. The van der Waals surface area contributed by atoms with Gasteiger partial charge in [-0.2, -0.15) is 5.10 Å². The van der Waals surface area contributed by atoms with Crippen LogP contribution in [0.5, 0.6) is 0 Å². The zero-order valence-electron chi connectivity index (χ0n) is 16.1. The molecular formula is C22H22N4O3. The number of hydrogen-bond donors (Lipinski definition) is 3. The number of rotatable bonds is 4.